The van der Waals surface area contributed by atoms with Gasteiger partial charge in [-0.1, -0.05) is 0 Å². The van der Waals surface area contributed by atoms with E-state index in [2.05, 4.69) is 9.72 Å². The Morgan fingerprint density at radius 3 is 2.76 bits per heavy atom. The molecule has 0 radical (unpaired) electrons. The van der Waals surface area contributed by atoms with Gasteiger partial charge >= 0.3 is 5.97 Å². The van der Waals surface area contributed by atoms with Gasteiger partial charge in [-0.2, -0.15) is 0 Å². The summed E-state index contributed by atoms with van der Waals surface area (Å²) in [7, 11) is 2.81. The Bertz CT molecular complexity index is 659. The number of esters is 1. The molecule has 2 aromatic rings. The highest BCUT2D eigenvalue weighted by molar-refractivity contribution is 5.92. The summed E-state index contributed by atoms with van der Waals surface area (Å²) in [5, 5.41) is 0.647. The SMILES string of the molecule is COC(=O)c1cc2cc(C)cnc2c(=O)n1C. The lowest BCUT2D eigenvalue weighted by Crippen LogP contribution is -2.24. The molecule has 88 valence electrons. The molecule has 0 aliphatic heterocycles. The minimum Gasteiger partial charge on any atom is -0.464 e. The van der Waals surface area contributed by atoms with Gasteiger partial charge in [-0.15, -0.1) is 0 Å². The summed E-state index contributed by atoms with van der Waals surface area (Å²) in [6.45, 7) is 1.88. The number of pyridine rings is 2. The van der Waals surface area contributed by atoms with Gasteiger partial charge in [0.25, 0.3) is 5.56 Å². The Kier molecular flexibility index (Phi) is 2.67. The summed E-state index contributed by atoms with van der Waals surface area (Å²) >= 11 is 0. The maximum Gasteiger partial charge on any atom is 0.354 e. The quantitative estimate of drug-likeness (QED) is 0.689. The first-order valence-corrected chi connectivity index (χ1v) is 5.09. The molecule has 2 rings (SSSR count). The number of carbonyl (C=O) groups excluding carboxylic acids is 1. The van der Waals surface area contributed by atoms with E-state index in [1.54, 1.807) is 12.3 Å². The van der Waals surface area contributed by atoms with E-state index in [0.717, 1.165) is 5.56 Å². The molecule has 0 atom stereocenters. The normalized spacial score (nSPS) is 10.5. The monoisotopic (exact) mass is 232 g/mol. The highest BCUT2D eigenvalue weighted by Gasteiger charge is 2.14. The second kappa shape index (κ2) is 4.01. The van der Waals surface area contributed by atoms with Gasteiger partial charge in [0, 0.05) is 18.6 Å². The number of rotatable bonds is 1. The molecule has 0 bridgehead atoms. The maximum atomic E-state index is 12.0. The van der Waals surface area contributed by atoms with Crippen molar-refractivity contribution < 1.29 is 9.53 Å². The fraction of sp³-hybridized carbons (Fsp3) is 0.250. The van der Waals surface area contributed by atoms with Crippen LogP contribution in [-0.4, -0.2) is 22.6 Å². The fourth-order valence-electron chi connectivity index (χ4n) is 1.69. The lowest BCUT2D eigenvalue weighted by molar-refractivity contribution is 0.0588. The van der Waals surface area contributed by atoms with Gasteiger partial charge in [-0.25, -0.2) is 4.79 Å². The van der Waals surface area contributed by atoms with Crippen molar-refractivity contribution >= 4 is 16.9 Å². The number of hydrogen-bond donors (Lipinski definition) is 0. The Morgan fingerprint density at radius 1 is 1.41 bits per heavy atom. The van der Waals surface area contributed by atoms with Gasteiger partial charge in [0.2, 0.25) is 0 Å². The summed E-state index contributed by atoms with van der Waals surface area (Å²) in [5.74, 6) is -0.534. The van der Waals surface area contributed by atoms with Crippen molar-refractivity contribution in [2.45, 2.75) is 6.92 Å². The molecule has 2 aromatic heterocycles. The molecule has 5 nitrogen and oxygen atoms in total. The number of methoxy groups -OCH3 is 1. The van der Waals surface area contributed by atoms with Crippen LogP contribution in [0.2, 0.25) is 0 Å². The standard InChI is InChI=1S/C12H12N2O3/c1-7-4-8-5-9(12(16)17-3)14(2)11(15)10(8)13-6-7/h4-6H,1-3H3. The van der Waals surface area contributed by atoms with Gasteiger partial charge in [0.15, 0.2) is 0 Å². The molecule has 0 saturated carbocycles. The molecule has 0 aliphatic rings. The van der Waals surface area contributed by atoms with Gasteiger partial charge < -0.3 is 9.30 Å². The van der Waals surface area contributed by atoms with Crippen LogP contribution in [0.15, 0.2) is 23.1 Å². The topological polar surface area (TPSA) is 61.2 Å². The maximum absolute atomic E-state index is 12.0. The Labute approximate surface area is 97.7 Å². The smallest absolute Gasteiger partial charge is 0.354 e. The fourth-order valence-corrected chi connectivity index (χ4v) is 1.69. The molecule has 0 aromatic carbocycles. The van der Waals surface area contributed by atoms with Crippen LogP contribution >= 0.6 is 0 Å². The molecule has 0 spiro atoms. The zero-order valence-corrected chi connectivity index (χ0v) is 9.85. The Hall–Kier alpha value is -2.17. The summed E-state index contributed by atoms with van der Waals surface area (Å²) < 4.78 is 5.88. The van der Waals surface area contributed by atoms with Crippen LogP contribution in [0.3, 0.4) is 0 Å². The molecular weight excluding hydrogens is 220 g/mol. The van der Waals surface area contributed by atoms with Crippen molar-refractivity contribution in [3.05, 3.63) is 39.9 Å². The number of nitrogens with zero attached hydrogens (tertiary/aromatic N) is 2. The zero-order valence-electron chi connectivity index (χ0n) is 9.85. The van der Waals surface area contributed by atoms with E-state index in [1.165, 1.54) is 18.7 Å². The van der Waals surface area contributed by atoms with Crippen molar-refractivity contribution in [1.82, 2.24) is 9.55 Å². The molecule has 5 heteroatoms. The number of fused-ring (bicyclic) bond motifs is 1. The van der Waals surface area contributed by atoms with Crippen LogP contribution in [0.1, 0.15) is 16.1 Å². The predicted octanol–water partition coefficient (Wildman–Crippen LogP) is 1.03. The second-order valence-electron chi connectivity index (χ2n) is 3.84. The van der Waals surface area contributed by atoms with E-state index >= 15 is 0 Å². The third kappa shape index (κ3) is 1.80. The first kappa shape index (κ1) is 11.3. The Balaban J connectivity index is 2.85. The van der Waals surface area contributed by atoms with Crippen molar-refractivity contribution in [3.8, 4) is 0 Å². The van der Waals surface area contributed by atoms with E-state index in [-0.39, 0.29) is 11.3 Å². The van der Waals surface area contributed by atoms with Gasteiger partial charge in [-0.05, 0) is 24.6 Å². The van der Waals surface area contributed by atoms with Crippen LogP contribution in [0.25, 0.3) is 10.9 Å². The first-order valence-electron chi connectivity index (χ1n) is 5.09. The van der Waals surface area contributed by atoms with E-state index in [4.69, 9.17) is 0 Å². The van der Waals surface area contributed by atoms with Crippen LogP contribution in [-0.2, 0) is 11.8 Å². The largest absolute Gasteiger partial charge is 0.464 e. The van der Waals surface area contributed by atoms with Crippen LogP contribution in [0.5, 0.6) is 0 Å². The molecule has 17 heavy (non-hydrogen) atoms. The van der Waals surface area contributed by atoms with Crippen molar-refractivity contribution in [2.24, 2.45) is 7.05 Å². The summed E-state index contributed by atoms with van der Waals surface area (Å²) in [5.41, 5.74) is 1.20. The Morgan fingerprint density at radius 2 is 2.12 bits per heavy atom. The average molecular weight is 232 g/mol. The minimum absolute atomic E-state index is 0.220. The highest BCUT2D eigenvalue weighted by Crippen LogP contribution is 2.12. The van der Waals surface area contributed by atoms with Crippen molar-refractivity contribution in [2.75, 3.05) is 7.11 Å². The van der Waals surface area contributed by atoms with E-state index in [1.807, 2.05) is 13.0 Å². The minimum atomic E-state index is -0.534. The third-order valence-corrected chi connectivity index (χ3v) is 2.61. The zero-order chi connectivity index (χ0) is 12.6. The van der Waals surface area contributed by atoms with E-state index in [9.17, 15) is 9.59 Å². The van der Waals surface area contributed by atoms with Crippen molar-refractivity contribution in [1.29, 1.82) is 0 Å². The number of aromatic nitrogens is 2. The third-order valence-electron chi connectivity index (χ3n) is 2.61. The predicted molar refractivity (Wildman–Crippen MR) is 63.1 cm³/mol. The highest BCUT2D eigenvalue weighted by atomic mass is 16.5. The first-order chi connectivity index (χ1) is 8.04. The van der Waals surface area contributed by atoms with Crippen LogP contribution in [0.4, 0.5) is 0 Å². The molecule has 0 saturated heterocycles. The molecule has 0 aliphatic carbocycles. The number of ether oxygens (including phenoxy) is 1. The molecule has 0 unspecified atom stereocenters. The molecule has 2 heterocycles. The summed E-state index contributed by atoms with van der Waals surface area (Å²) in [6.07, 6.45) is 1.63. The van der Waals surface area contributed by atoms with Gasteiger partial charge in [0.1, 0.15) is 11.2 Å². The lowest BCUT2D eigenvalue weighted by Gasteiger charge is -2.07. The molecular formula is C12H12N2O3. The average Bonchev–Trinajstić information content (AvgIpc) is 2.32. The van der Waals surface area contributed by atoms with Crippen LogP contribution < -0.4 is 5.56 Å². The number of carbonyl (C=O) groups is 1. The number of hydrogen-bond acceptors (Lipinski definition) is 4. The second-order valence-corrected chi connectivity index (χ2v) is 3.84. The molecule has 0 N–H and O–H groups in total. The summed E-state index contributed by atoms with van der Waals surface area (Å²) in [4.78, 5) is 27.6. The van der Waals surface area contributed by atoms with Crippen LogP contribution in [0, 0.1) is 6.92 Å². The lowest BCUT2D eigenvalue weighted by atomic mass is 10.2. The summed E-state index contributed by atoms with van der Waals surface area (Å²) in [6, 6.07) is 3.43. The van der Waals surface area contributed by atoms with E-state index in [0.29, 0.717) is 10.9 Å². The van der Waals surface area contributed by atoms with Crippen molar-refractivity contribution in [3.63, 3.8) is 0 Å². The number of aryl methyl sites for hydroxylation is 1. The van der Waals surface area contributed by atoms with Gasteiger partial charge in [-0.3, -0.25) is 9.78 Å². The van der Waals surface area contributed by atoms with E-state index < -0.39 is 5.97 Å². The molecule has 0 amide bonds. The van der Waals surface area contributed by atoms with Gasteiger partial charge in [0.05, 0.1) is 7.11 Å². The molecule has 0 fully saturated rings.